The van der Waals surface area contributed by atoms with E-state index < -0.39 is 6.04 Å². The highest BCUT2D eigenvalue weighted by Gasteiger charge is 2.27. The number of rotatable bonds is 1. The van der Waals surface area contributed by atoms with Crippen molar-refractivity contribution in [1.82, 2.24) is 4.98 Å². The lowest BCUT2D eigenvalue weighted by molar-refractivity contribution is -0.142. The van der Waals surface area contributed by atoms with Crippen LogP contribution < -0.4 is 0 Å². The molecule has 0 saturated heterocycles. The van der Waals surface area contributed by atoms with E-state index in [1.54, 1.807) is 0 Å². The largest absolute Gasteiger partial charge is 0.467 e. The number of nitrogens with zero attached hydrogens (tertiary/aromatic N) is 1. The number of aromatic nitrogens is 1. The van der Waals surface area contributed by atoms with Crippen LogP contribution in [0.5, 0.6) is 0 Å². The molecule has 1 aliphatic rings. The highest BCUT2D eigenvalue weighted by atomic mass is 127. The van der Waals surface area contributed by atoms with Crippen LogP contribution in [0, 0.1) is 0 Å². The molecule has 2 heterocycles. The molecule has 0 spiro atoms. The first kappa shape index (κ1) is 14.0. The van der Waals surface area contributed by atoms with Gasteiger partial charge in [0.05, 0.1) is 18.5 Å². The predicted molar refractivity (Wildman–Crippen MR) is 85.4 cm³/mol. The predicted octanol–water partition coefficient (Wildman–Crippen LogP) is 2.69. The molecule has 2 aromatic rings. The lowest BCUT2D eigenvalue weighted by atomic mass is 9.98. The van der Waals surface area contributed by atoms with Gasteiger partial charge in [-0.05, 0) is 18.6 Å². The van der Waals surface area contributed by atoms with E-state index in [9.17, 15) is 4.79 Å². The van der Waals surface area contributed by atoms with E-state index in [4.69, 9.17) is 4.74 Å². The van der Waals surface area contributed by atoms with Gasteiger partial charge in [0.2, 0.25) is 0 Å². The Morgan fingerprint density at radius 2 is 2.16 bits per heavy atom. The number of esters is 1. The van der Waals surface area contributed by atoms with Crippen molar-refractivity contribution in [3.05, 3.63) is 35.5 Å². The maximum Gasteiger partial charge on any atom is 0.330 e. The highest BCUT2D eigenvalue weighted by molar-refractivity contribution is 14.0. The molecule has 1 atom stereocenters. The molecule has 0 aliphatic carbocycles. The third-order valence-corrected chi connectivity index (χ3v) is 3.40. The Morgan fingerprint density at radius 1 is 1.42 bits per heavy atom. The van der Waals surface area contributed by atoms with Crippen molar-refractivity contribution in [1.29, 1.82) is 0 Å². The second-order valence-corrected chi connectivity index (χ2v) is 4.48. The highest BCUT2D eigenvalue weighted by Crippen LogP contribution is 2.28. The molecule has 4 nitrogen and oxygen atoms in total. The number of benzene rings is 1. The van der Waals surface area contributed by atoms with Crippen LogP contribution in [0.1, 0.15) is 18.2 Å². The molecule has 0 radical (unpaired) electrons. The number of fused-ring (bicyclic) bond motifs is 3. The minimum absolute atomic E-state index is 0. The Morgan fingerprint density at radius 3 is 2.89 bits per heavy atom. The molecule has 1 N–H and O–H groups in total. The van der Waals surface area contributed by atoms with Crippen molar-refractivity contribution in [2.45, 2.75) is 19.4 Å². The fraction of sp³-hybridized carbons (Fsp3) is 0.286. The topological polar surface area (TPSA) is 54.5 Å². The summed E-state index contributed by atoms with van der Waals surface area (Å²) in [5, 5.41) is 1.16. The number of hydrogen-bond acceptors (Lipinski definition) is 3. The molecule has 0 amide bonds. The minimum Gasteiger partial charge on any atom is -0.467 e. The van der Waals surface area contributed by atoms with E-state index in [1.807, 2.05) is 25.1 Å². The second-order valence-electron chi connectivity index (χ2n) is 4.48. The van der Waals surface area contributed by atoms with Gasteiger partial charge in [0.25, 0.3) is 0 Å². The molecule has 0 saturated carbocycles. The van der Waals surface area contributed by atoms with Crippen molar-refractivity contribution >= 4 is 46.6 Å². The minimum atomic E-state index is -0.415. The van der Waals surface area contributed by atoms with E-state index in [2.05, 4.69) is 16.0 Å². The van der Waals surface area contributed by atoms with E-state index in [1.165, 1.54) is 7.11 Å². The number of methoxy groups -OCH3 is 1. The van der Waals surface area contributed by atoms with E-state index in [0.29, 0.717) is 6.42 Å². The number of ether oxygens (including phenoxy) is 1. The number of nitrogens with one attached hydrogen (secondary N) is 1. The number of hydrogen-bond donors (Lipinski definition) is 1. The van der Waals surface area contributed by atoms with Crippen LogP contribution in [0.4, 0.5) is 0 Å². The number of carbonyl (C=O) groups excluding carboxylic acids is 1. The van der Waals surface area contributed by atoms with Gasteiger partial charge < -0.3 is 9.72 Å². The average Bonchev–Trinajstić information content (AvgIpc) is 2.77. The van der Waals surface area contributed by atoms with Crippen LogP contribution in [0.2, 0.25) is 0 Å². The Balaban J connectivity index is 0.00000133. The van der Waals surface area contributed by atoms with E-state index >= 15 is 0 Å². The summed E-state index contributed by atoms with van der Waals surface area (Å²) in [5.41, 5.74) is 4.15. The van der Waals surface area contributed by atoms with Crippen LogP contribution >= 0.6 is 24.0 Å². The standard InChI is InChI=1S/C14H14N2O2.HI/c1-8-13-10(7-12(15-8)14(17)18-2)9-5-3-4-6-11(9)16-13;/h3-6,12,16H,7H2,1-2H3;1H/t12-;/m0./s1. The maximum atomic E-state index is 11.6. The molecule has 1 aromatic heterocycles. The fourth-order valence-corrected chi connectivity index (χ4v) is 2.53. The van der Waals surface area contributed by atoms with Gasteiger partial charge >= 0.3 is 5.97 Å². The summed E-state index contributed by atoms with van der Waals surface area (Å²) in [6.07, 6.45) is 0.601. The Hall–Kier alpha value is -1.37. The second kappa shape index (κ2) is 5.32. The molecular weight excluding hydrogens is 355 g/mol. The van der Waals surface area contributed by atoms with Crippen LogP contribution in [-0.2, 0) is 16.0 Å². The monoisotopic (exact) mass is 370 g/mol. The van der Waals surface area contributed by atoms with Crippen LogP contribution in [0.25, 0.3) is 10.9 Å². The first-order valence-corrected chi connectivity index (χ1v) is 5.93. The zero-order valence-electron chi connectivity index (χ0n) is 10.8. The summed E-state index contributed by atoms with van der Waals surface area (Å²) in [6, 6.07) is 7.69. The van der Waals surface area contributed by atoms with Crippen molar-refractivity contribution in [3.63, 3.8) is 0 Å². The van der Waals surface area contributed by atoms with Crippen molar-refractivity contribution < 1.29 is 9.53 Å². The fourth-order valence-electron chi connectivity index (χ4n) is 2.53. The summed E-state index contributed by atoms with van der Waals surface area (Å²) in [4.78, 5) is 19.4. The molecule has 3 rings (SSSR count). The molecule has 0 bridgehead atoms. The Kier molecular flexibility index (Phi) is 3.93. The van der Waals surface area contributed by atoms with Gasteiger partial charge in [-0.2, -0.15) is 0 Å². The number of para-hydroxylation sites is 1. The van der Waals surface area contributed by atoms with E-state index in [-0.39, 0.29) is 29.9 Å². The van der Waals surface area contributed by atoms with Crippen molar-refractivity contribution in [3.8, 4) is 0 Å². The average molecular weight is 370 g/mol. The summed E-state index contributed by atoms with van der Waals surface area (Å²) in [7, 11) is 1.40. The Bertz CT molecular complexity index is 661. The quantitative estimate of drug-likeness (QED) is 0.620. The zero-order chi connectivity index (χ0) is 12.7. The SMILES string of the molecule is COC(=O)[C@@H]1Cc2c([nH]c3ccccc23)C(C)=N1.I. The lowest BCUT2D eigenvalue weighted by Gasteiger charge is -2.17. The number of aliphatic imine (C=N–C) groups is 1. The number of H-pyrrole nitrogens is 1. The number of aromatic amines is 1. The summed E-state index contributed by atoms with van der Waals surface area (Å²) >= 11 is 0. The van der Waals surface area contributed by atoms with Gasteiger partial charge in [-0.25, -0.2) is 4.79 Å². The number of carbonyl (C=O) groups is 1. The summed E-state index contributed by atoms with van der Waals surface area (Å²) in [5.74, 6) is -0.273. The van der Waals surface area contributed by atoms with Gasteiger partial charge in [0.15, 0.2) is 6.04 Å². The zero-order valence-corrected chi connectivity index (χ0v) is 13.1. The maximum absolute atomic E-state index is 11.6. The first-order chi connectivity index (χ1) is 8.70. The van der Waals surface area contributed by atoms with Gasteiger partial charge in [-0.15, -0.1) is 24.0 Å². The van der Waals surface area contributed by atoms with Crippen LogP contribution in [0.3, 0.4) is 0 Å². The smallest absolute Gasteiger partial charge is 0.330 e. The summed E-state index contributed by atoms with van der Waals surface area (Å²) < 4.78 is 4.79. The van der Waals surface area contributed by atoms with Gasteiger partial charge in [-0.1, -0.05) is 18.2 Å². The van der Waals surface area contributed by atoms with Crippen molar-refractivity contribution in [2.24, 2.45) is 4.99 Å². The Labute approximate surface area is 128 Å². The molecule has 19 heavy (non-hydrogen) atoms. The summed E-state index contributed by atoms with van der Waals surface area (Å²) in [6.45, 7) is 1.92. The van der Waals surface area contributed by atoms with Gasteiger partial charge in [0.1, 0.15) is 0 Å². The third-order valence-electron chi connectivity index (χ3n) is 3.40. The van der Waals surface area contributed by atoms with Crippen LogP contribution in [-0.4, -0.2) is 29.8 Å². The first-order valence-electron chi connectivity index (χ1n) is 5.93. The molecule has 0 fully saturated rings. The van der Waals surface area contributed by atoms with Gasteiger partial charge in [-0.3, -0.25) is 4.99 Å². The molecule has 1 aliphatic heterocycles. The molecule has 1 aromatic carbocycles. The molecule has 0 unspecified atom stereocenters. The molecule has 100 valence electrons. The van der Waals surface area contributed by atoms with E-state index in [0.717, 1.165) is 27.9 Å². The van der Waals surface area contributed by atoms with Crippen LogP contribution in [0.15, 0.2) is 29.3 Å². The lowest BCUT2D eigenvalue weighted by Crippen LogP contribution is -2.28. The normalized spacial score (nSPS) is 17.4. The third kappa shape index (κ3) is 2.27. The van der Waals surface area contributed by atoms with Gasteiger partial charge in [0, 0.05) is 17.3 Å². The van der Waals surface area contributed by atoms with Crippen molar-refractivity contribution in [2.75, 3.05) is 7.11 Å². The molecule has 5 heteroatoms. The molecular formula is C14H15IN2O2. The number of halogens is 1.